The predicted molar refractivity (Wildman–Crippen MR) is 75.2 cm³/mol. The highest BCUT2D eigenvalue weighted by Gasteiger charge is 2.07. The van der Waals surface area contributed by atoms with Crippen LogP contribution in [-0.4, -0.2) is 16.7 Å². The zero-order chi connectivity index (χ0) is 9.80. The summed E-state index contributed by atoms with van der Waals surface area (Å²) in [6, 6.07) is 8.68. The molecular weight excluding hydrogens is 325 g/mol. The zero-order valence-corrected chi connectivity index (χ0v) is 11.4. The molecule has 0 atom stereocenters. The van der Waals surface area contributed by atoms with E-state index in [-0.39, 0.29) is 0 Å². The predicted octanol–water partition coefficient (Wildman–Crippen LogP) is 3.63. The molecule has 1 aromatic carbocycles. The maximum absolute atomic E-state index is 4.41. The van der Waals surface area contributed by atoms with Gasteiger partial charge in [-0.15, -0.1) is 0 Å². The van der Waals surface area contributed by atoms with Gasteiger partial charge in [0, 0.05) is 15.1 Å². The van der Waals surface area contributed by atoms with Crippen LogP contribution in [0.4, 0.5) is 0 Å². The van der Waals surface area contributed by atoms with Gasteiger partial charge in [0.25, 0.3) is 0 Å². The molecule has 0 saturated carbocycles. The Morgan fingerprint density at radius 1 is 1.36 bits per heavy atom. The van der Waals surface area contributed by atoms with Crippen molar-refractivity contribution in [2.75, 3.05) is 12.3 Å². The van der Waals surface area contributed by atoms with Crippen molar-refractivity contribution in [3.8, 4) is 0 Å². The Labute approximate surface area is 106 Å². The molecule has 0 N–H and O–H groups in total. The van der Waals surface area contributed by atoms with Crippen LogP contribution >= 0.6 is 46.1 Å². The zero-order valence-electron chi connectivity index (χ0n) is 7.57. The molecular formula is C10H10INS2. The molecule has 14 heavy (non-hydrogen) atoms. The molecule has 1 heterocycles. The lowest BCUT2D eigenvalue weighted by Gasteiger charge is -2.00. The van der Waals surface area contributed by atoms with E-state index in [4.69, 9.17) is 0 Å². The van der Waals surface area contributed by atoms with Gasteiger partial charge in [-0.05, 0) is 40.3 Å². The summed E-state index contributed by atoms with van der Waals surface area (Å²) >= 11 is 6.06. The van der Waals surface area contributed by atoms with E-state index in [9.17, 15) is 0 Å². The third-order valence-electron chi connectivity index (χ3n) is 1.83. The minimum atomic E-state index is 1.000. The van der Waals surface area contributed by atoms with Gasteiger partial charge in [-0.2, -0.15) is 0 Å². The molecule has 4 heteroatoms. The second-order valence-corrected chi connectivity index (χ2v) is 6.46. The van der Waals surface area contributed by atoms with Gasteiger partial charge in [-0.1, -0.05) is 35.7 Å². The largest absolute Gasteiger partial charge is 0.271 e. The monoisotopic (exact) mass is 335 g/mol. The number of hydrogen-bond donors (Lipinski definition) is 0. The molecule has 1 nitrogen and oxygen atoms in total. The molecule has 2 rings (SSSR count). The van der Waals surface area contributed by atoms with Crippen LogP contribution in [0.25, 0.3) is 0 Å². The van der Waals surface area contributed by atoms with Crippen molar-refractivity contribution in [3.63, 3.8) is 0 Å². The fourth-order valence-electron chi connectivity index (χ4n) is 1.13. The summed E-state index contributed by atoms with van der Waals surface area (Å²) in [5, 5.41) is 0. The van der Waals surface area contributed by atoms with Gasteiger partial charge in [0.1, 0.15) is 4.38 Å². The molecule has 0 bridgehead atoms. The van der Waals surface area contributed by atoms with Crippen LogP contribution in [0.3, 0.4) is 0 Å². The lowest BCUT2D eigenvalue weighted by Crippen LogP contribution is -1.84. The molecule has 0 fully saturated rings. The Kier molecular flexibility index (Phi) is 4.19. The smallest absolute Gasteiger partial charge is 0.124 e. The standard InChI is InChI=1S/C10H10INS2/c11-9-3-1-8(2-4-9)7-14-10-12-5-6-13-10/h1-4H,5-7H2. The fourth-order valence-corrected chi connectivity index (χ4v) is 3.45. The molecule has 1 aromatic rings. The first kappa shape index (κ1) is 10.8. The van der Waals surface area contributed by atoms with Crippen LogP contribution in [0.5, 0.6) is 0 Å². The van der Waals surface area contributed by atoms with Crippen LogP contribution in [0.15, 0.2) is 29.3 Å². The second-order valence-electron chi connectivity index (χ2n) is 2.91. The lowest BCUT2D eigenvalue weighted by atomic mass is 10.2. The summed E-state index contributed by atoms with van der Waals surface area (Å²) in [5.74, 6) is 2.21. The summed E-state index contributed by atoms with van der Waals surface area (Å²) in [7, 11) is 0. The Balaban J connectivity index is 1.88. The van der Waals surface area contributed by atoms with Crippen LogP contribution in [-0.2, 0) is 5.75 Å². The minimum Gasteiger partial charge on any atom is -0.271 e. The van der Waals surface area contributed by atoms with Crippen molar-refractivity contribution in [1.82, 2.24) is 0 Å². The van der Waals surface area contributed by atoms with Gasteiger partial charge in [0.2, 0.25) is 0 Å². The van der Waals surface area contributed by atoms with Crippen LogP contribution < -0.4 is 0 Å². The normalized spacial score (nSPS) is 15.6. The summed E-state index contributed by atoms with van der Waals surface area (Å²) in [4.78, 5) is 4.41. The van der Waals surface area contributed by atoms with Gasteiger partial charge in [-0.3, -0.25) is 4.99 Å². The van der Waals surface area contributed by atoms with E-state index in [1.54, 1.807) is 0 Å². The maximum Gasteiger partial charge on any atom is 0.124 e. The average Bonchev–Trinajstić information content (AvgIpc) is 2.70. The molecule has 0 spiro atoms. The number of rotatable bonds is 2. The molecule has 74 valence electrons. The van der Waals surface area contributed by atoms with E-state index in [0.29, 0.717) is 0 Å². The number of halogens is 1. The lowest BCUT2D eigenvalue weighted by molar-refractivity contribution is 1.18. The Hall–Kier alpha value is 0.320. The van der Waals surface area contributed by atoms with Crippen molar-refractivity contribution < 1.29 is 0 Å². The number of aliphatic imine (C=N–C) groups is 1. The van der Waals surface area contributed by atoms with E-state index in [1.165, 1.54) is 13.5 Å². The number of benzene rings is 1. The molecule has 0 radical (unpaired) electrons. The first-order chi connectivity index (χ1) is 6.84. The van der Waals surface area contributed by atoms with Crippen molar-refractivity contribution in [2.45, 2.75) is 5.75 Å². The van der Waals surface area contributed by atoms with Gasteiger partial charge < -0.3 is 0 Å². The Morgan fingerprint density at radius 2 is 2.14 bits per heavy atom. The molecule has 0 saturated heterocycles. The fraction of sp³-hybridized carbons (Fsp3) is 0.300. The van der Waals surface area contributed by atoms with Crippen molar-refractivity contribution in [1.29, 1.82) is 0 Å². The van der Waals surface area contributed by atoms with Crippen LogP contribution in [0, 0.1) is 3.57 Å². The summed E-state index contributed by atoms with van der Waals surface area (Å²) in [6.07, 6.45) is 0. The third-order valence-corrected chi connectivity index (χ3v) is 4.88. The van der Waals surface area contributed by atoms with Crippen molar-refractivity contribution in [3.05, 3.63) is 33.4 Å². The first-order valence-electron chi connectivity index (χ1n) is 4.39. The van der Waals surface area contributed by atoms with Crippen molar-refractivity contribution in [2.24, 2.45) is 4.99 Å². The van der Waals surface area contributed by atoms with E-state index in [2.05, 4.69) is 51.8 Å². The topological polar surface area (TPSA) is 12.4 Å². The van der Waals surface area contributed by atoms with E-state index in [0.717, 1.165) is 18.1 Å². The van der Waals surface area contributed by atoms with E-state index in [1.807, 2.05) is 23.5 Å². The quantitative estimate of drug-likeness (QED) is 0.766. The maximum atomic E-state index is 4.41. The highest BCUT2D eigenvalue weighted by atomic mass is 127. The summed E-state index contributed by atoms with van der Waals surface area (Å²) in [5.41, 5.74) is 1.38. The molecule has 0 amide bonds. The number of nitrogens with zero attached hydrogens (tertiary/aromatic N) is 1. The highest BCUT2D eigenvalue weighted by molar-refractivity contribution is 14.1. The van der Waals surface area contributed by atoms with Crippen molar-refractivity contribution >= 4 is 50.5 Å². The third kappa shape index (κ3) is 3.17. The Morgan fingerprint density at radius 3 is 2.79 bits per heavy atom. The van der Waals surface area contributed by atoms with E-state index >= 15 is 0 Å². The molecule has 1 aliphatic heterocycles. The van der Waals surface area contributed by atoms with Gasteiger partial charge in [0.15, 0.2) is 0 Å². The average molecular weight is 335 g/mol. The highest BCUT2D eigenvalue weighted by Crippen LogP contribution is 2.25. The first-order valence-corrected chi connectivity index (χ1v) is 7.44. The molecule has 1 aliphatic rings. The van der Waals surface area contributed by atoms with Gasteiger partial charge in [-0.25, -0.2) is 0 Å². The van der Waals surface area contributed by atoms with Gasteiger partial charge in [0.05, 0.1) is 6.54 Å². The molecule has 0 aromatic heterocycles. The number of hydrogen-bond acceptors (Lipinski definition) is 3. The number of thioether (sulfide) groups is 2. The molecule has 0 unspecified atom stereocenters. The van der Waals surface area contributed by atoms with Gasteiger partial charge >= 0.3 is 0 Å². The minimum absolute atomic E-state index is 1.000. The Bertz CT molecular complexity index is 334. The SMILES string of the molecule is Ic1ccc(CSC2=NCCS2)cc1. The second kappa shape index (κ2) is 5.42. The van der Waals surface area contributed by atoms with Crippen LogP contribution in [0.2, 0.25) is 0 Å². The van der Waals surface area contributed by atoms with Crippen LogP contribution in [0.1, 0.15) is 5.56 Å². The van der Waals surface area contributed by atoms with E-state index < -0.39 is 0 Å². The summed E-state index contributed by atoms with van der Waals surface area (Å²) in [6.45, 7) is 1.000. The summed E-state index contributed by atoms with van der Waals surface area (Å²) < 4.78 is 2.55. The molecule has 0 aliphatic carbocycles.